The van der Waals surface area contributed by atoms with Gasteiger partial charge in [-0.3, -0.25) is 0 Å². The number of hydrogen-bond acceptors (Lipinski definition) is 3. The van der Waals surface area contributed by atoms with Crippen molar-refractivity contribution < 1.29 is 19.0 Å². The van der Waals surface area contributed by atoms with Crippen LogP contribution in [0.2, 0.25) is 0 Å². The molecule has 0 saturated heterocycles. The van der Waals surface area contributed by atoms with Crippen molar-refractivity contribution in [2.45, 2.75) is 26.7 Å². The number of halogens is 1. The van der Waals surface area contributed by atoms with Crippen molar-refractivity contribution in [1.29, 1.82) is 0 Å². The van der Waals surface area contributed by atoms with E-state index in [1.807, 2.05) is 38.1 Å². The SMILES string of the molecule is Cc1cc(/C=C/c2ccc(C(=O)OC3=C(F)CCC=C3)cc2)cc(C)c1O. The molecule has 27 heavy (non-hydrogen) atoms. The quantitative estimate of drug-likeness (QED) is 0.545. The van der Waals surface area contributed by atoms with E-state index in [0.29, 0.717) is 17.7 Å². The van der Waals surface area contributed by atoms with Gasteiger partial charge in [-0.05, 0) is 72.9 Å². The fourth-order valence-electron chi connectivity index (χ4n) is 2.87. The number of hydrogen-bond donors (Lipinski definition) is 1. The van der Waals surface area contributed by atoms with Crippen molar-refractivity contribution in [2.75, 3.05) is 0 Å². The van der Waals surface area contributed by atoms with Crippen LogP contribution in [0.15, 0.2) is 60.1 Å². The Morgan fingerprint density at radius 1 is 1.07 bits per heavy atom. The van der Waals surface area contributed by atoms with Crippen molar-refractivity contribution in [2.24, 2.45) is 0 Å². The largest absolute Gasteiger partial charge is 0.507 e. The molecule has 0 atom stereocenters. The number of aromatic hydroxyl groups is 1. The maximum Gasteiger partial charge on any atom is 0.343 e. The zero-order chi connectivity index (χ0) is 19.4. The van der Waals surface area contributed by atoms with Crippen LogP contribution in [0.5, 0.6) is 5.75 Å². The molecule has 0 aromatic heterocycles. The monoisotopic (exact) mass is 364 g/mol. The molecule has 0 saturated carbocycles. The van der Waals surface area contributed by atoms with E-state index in [0.717, 1.165) is 22.3 Å². The number of allylic oxidation sites excluding steroid dienone is 3. The van der Waals surface area contributed by atoms with Crippen molar-refractivity contribution in [3.8, 4) is 5.75 Å². The van der Waals surface area contributed by atoms with E-state index < -0.39 is 11.8 Å². The van der Waals surface area contributed by atoms with Gasteiger partial charge >= 0.3 is 5.97 Å². The van der Waals surface area contributed by atoms with Crippen LogP contribution in [0.3, 0.4) is 0 Å². The summed E-state index contributed by atoms with van der Waals surface area (Å²) in [6.45, 7) is 3.72. The molecule has 0 spiro atoms. The van der Waals surface area contributed by atoms with Gasteiger partial charge < -0.3 is 9.84 Å². The first-order chi connectivity index (χ1) is 12.9. The fraction of sp³-hybridized carbons (Fsp3) is 0.174. The molecule has 0 heterocycles. The summed E-state index contributed by atoms with van der Waals surface area (Å²) in [5.41, 5.74) is 3.91. The Kier molecular flexibility index (Phi) is 5.55. The predicted molar refractivity (Wildman–Crippen MR) is 105 cm³/mol. The van der Waals surface area contributed by atoms with E-state index in [-0.39, 0.29) is 12.2 Å². The van der Waals surface area contributed by atoms with Crippen molar-refractivity contribution in [3.05, 3.63) is 88.0 Å². The van der Waals surface area contributed by atoms with Gasteiger partial charge in [0.2, 0.25) is 0 Å². The van der Waals surface area contributed by atoms with E-state index in [1.54, 1.807) is 30.3 Å². The van der Waals surface area contributed by atoms with Gasteiger partial charge in [0.05, 0.1) is 5.56 Å². The second kappa shape index (κ2) is 8.04. The molecular formula is C23H21FO3. The molecule has 3 rings (SSSR count). The van der Waals surface area contributed by atoms with E-state index in [9.17, 15) is 14.3 Å². The van der Waals surface area contributed by atoms with E-state index in [1.165, 1.54) is 6.08 Å². The van der Waals surface area contributed by atoms with Gasteiger partial charge in [0.1, 0.15) is 11.6 Å². The second-order valence-electron chi connectivity index (χ2n) is 6.56. The van der Waals surface area contributed by atoms with Crippen LogP contribution in [0.1, 0.15) is 45.5 Å². The lowest BCUT2D eigenvalue weighted by atomic mass is 10.0. The maximum atomic E-state index is 13.7. The topological polar surface area (TPSA) is 46.5 Å². The Bertz CT molecular complexity index is 927. The molecule has 2 aromatic rings. The molecule has 1 aliphatic carbocycles. The average Bonchev–Trinajstić information content (AvgIpc) is 2.66. The molecule has 4 heteroatoms. The molecule has 0 unspecified atom stereocenters. The zero-order valence-corrected chi connectivity index (χ0v) is 15.3. The van der Waals surface area contributed by atoms with Crippen LogP contribution in [0.4, 0.5) is 4.39 Å². The van der Waals surface area contributed by atoms with Crippen molar-refractivity contribution in [1.82, 2.24) is 0 Å². The molecule has 3 nitrogen and oxygen atoms in total. The van der Waals surface area contributed by atoms with Gasteiger partial charge in [-0.2, -0.15) is 0 Å². The standard InChI is InChI=1S/C23H21FO3/c1-15-13-18(14-16(2)22(15)25)8-7-17-9-11-19(12-10-17)23(26)27-21-6-4-3-5-20(21)24/h4,6-14,25H,3,5H2,1-2H3/b8-7+. The van der Waals surface area contributed by atoms with Gasteiger partial charge in [0, 0.05) is 6.42 Å². The molecule has 0 amide bonds. The first-order valence-corrected chi connectivity index (χ1v) is 8.80. The zero-order valence-electron chi connectivity index (χ0n) is 15.3. The minimum Gasteiger partial charge on any atom is -0.507 e. The van der Waals surface area contributed by atoms with Gasteiger partial charge in [-0.1, -0.05) is 30.4 Å². The van der Waals surface area contributed by atoms with Crippen molar-refractivity contribution in [3.63, 3.8) is 0 Å². The van der Waals surface area contributed by atoms with Gasteiger partial charge in [-0.15, -0.1) is 0 Å². The number of rotatable bonds is 4. The summed E-state index contributed by atoms with van der Waals surface area (Å²) < 4.78 is 18.8. The van der Waals surface area contributed by atoms with E-state index in [2.05, 4.69) is 0 Å². The minimum atomic E-state index is -0.577. The van der Waals surface area contributed by atoms with Gasteiger partial charge in [-0.25, -0.2) is 9.18 Å². The summed E-state index contributed by atoms with van der Waals surface area (Å²) in [5, 5.41) is 9.83. The third-order valence-electron chi connectivity index (χ3n) is 4.40. The van der Waals surface area contributed by atoms with Crippen LogP contribution in [-0.2, 0) is 4.74 Å². The number of benzene rings is 2. The number of aryl methyl sites for hydroxylation is 2. The molecule has 0 aliphatic heterocycles. The molecule has 0 radical (unpaired) electrons. The Balaban J connectivity index is 1.70. The lowest BCUT2D eigenvalue weighted by Gasteiger charge is -2.10. The van der Waals surface area contributed by atoms with E-state index in [4.69, 9.17) is 4.74 Å². The summed E-state index contributed by atoms with van der Waals surface area (Å²) in [5.74, 6) is -0.667. The van der Waals surface area contributed by atoms with Crippen LogP contribution in [0, 0.1) is 13.8 Å². The minimum absolute atomic E-state index is 0.00621. The lowest BCUT2D eigenvalue weighted by molar-refractivity contribution is 0.0625. The summed E-state index contributed by atoms with van der Waals surface area (Å²) in [6, 6.07) is 10.7. The molecular weight excluding hydrogens is 343 g/mol. The first-order valence-electron chi connectivity index (χ1n) is 8.80. The Morgan fingerprint density at radius 3 is 2.33 bits per heavy atom. The van der Waals surface area contributed by atoms with Gasteiger partial charge in [0.15, 0.2) is 5.76 Å². The average molecular weight is 364 g/mol. The Morgan fingerprint density at radius 2 is 1.70 bits per heavy atom. The predicted octanol–water partition coefficient (Wildman–Crippen LogP) is 5.87. The van der Waals surface area contributed by atoms with Crippen LogP contribution in [0.25, 0.3) is 12.2 Å². The summed E-state index contributed by atoms with van der Waals surface area (Å²) in [7, 11) is 0. The molecule has 1 aliphatic rings. The molecule has 0 bridgehead atoms. The second-order valence-corrected chi connectivity index (χ2v) is 6.56. The molecule has 138 valence electrons. The number of phenols is 1. The van der Waals surface area contributed by atoms with E-state index >= 15 is 0 Å². The third kappa shape index (κ3) is 4.53. The number of ether oxygens (including phenoxy) is 1. The number of phenolic OH excluding ortho intramolecular Hbond substituents is 1. The fourth-order valence-corrected chi connectivity index (χ4v) is 2.87. The summed E-state index contributed by atoms with van der Waals surface area (Å²) in [4.78, 5) is 12.2. The van der Waals surface area contributed by atoms with Crippen LogP contribution < -0.4 is 0 Å². The maximum absolute atomic E-state index is 13.7. The number of carbonyl (C=O) groups excluding carboxylic acids is 1. The summed E-state index contributed by atoms with van der Waals surface area (Å²) in [6.07, 6.45) is 8.03. The lowest BCUT2D eigenvalue weighted by Crippen LogP contribution is -2.06. The molecule has 1 N–H and O–H groups in total. The summed E-state index contributed by atoms with van der Waals surface area (Å²) >= 11 is 0. The molecule has 0 fully saturated rings. The normalized spacial score (nSPS) is 14.0. The smallest absolute Gasteiger partial charge is 0.343 e. The van der Waals surface area contributed by atoms with Crippen LogP contribution in [-0.4, -0.2) is 11.1 Å². The highest BCUT2D eigenvalue weighted by Crippen LogP contribution is 2.24. The highest BCUT2D eigenvalue weighted by molar-refractivity contribution is 5.90. The highest BCUT2D eigenvalue weighted by Gasteiger charge is 2.14. The highest BCUT2D eigenvalue weighted by atomic mass is 19.1. The third-order valence-corrected chi connectivity index (χ3v) is 4.40. The van der Waals surface area contributed by atoms with Gasteiger partial charge in [0.25, 0.3) is 0 Å². The van der Waals surface area contributed by atoms with Crippen LogP contribution >= 0.6 is 0 Å². The number of carbonyl (C=O) groups is 1. The van der Waals surface area contributed by atoms with Crippen molar-refractivity contribution >= 4 is 18.1 Å². The Labute approximate surface area is 158 Å². The molecule has 2 aromatic carbocycles. The Hall–Kier alpha value is -3.14. The first kappa shape index (κ1) is 18.6. The number of esters is 1.